The summed E-state index contributed by atoms with van der Waals surface area (Å²) in [6, 6.07) is 4.84. The highest BCUT2D eigenvalue weighted by Crippen LogP contribution is 2.34. The van der Waals surface area contributed by atoms with Gasteiger partial charge in [0.15, 0.2) is 0 Å². The van der Waals surface area contributed by atoms with Crippen molar-refractivity contribution in [2.24, 2.45) is 5.73 Å². The number of nitrogens with two attached hydrogens (primary N) is 1. The molecule has 1 unspecified atom stereocenters. The Morgan fingerprint density at radius 2 is 1.93 bits per heavy atom. The average molecular weight is 216 g/mol. The minimum atomic E-state index is -4.33. The molecule has 15 heavy (non-hydrogen) atoms. The number of halogens is 3. The molecule has 0 aliphatic rings. The minimum Gasteiger partial charge on any atom is -0.324 e. The second-order valence-corrected chi connectivity index (χ2v) is 3.34. The second-order valence-electron chi connectivity index (χ2n) is 3.34. The molecule has 0 aliphatic carbocycles. The third kappa shape index (κ3) is 2.96. The van der Waals surface area contributed by atoms with Gasteiger partial charge in [0.2, 0.25) is 0 Å². The first kappa shape index (κ1) is 12.0. The molecular formula is C11H13F3N. The molecule has 4 heteroatoms. The van der Waals surface area contributed by atoms with Gasteiger partial charge in [0.1, 0.15) is 0 Å². The van der Waals surface area contributed by atoms with Gasteiger partial charge in [-0.15, -0.1) is 0 Å². The predicted molar refractivity (Wildman–Crippen MR) is 53.0 cm³/mol. The van der Waals surface area contributed by atoms with Crippen molar-refractivity contribution < 1.29 is 13.2 Å². The van der Waals surface area contributed by atoms with Crippen LogP contribution in [0.5, 0.6) is 0 Å². The second kappa shape index (κ2) is 4.66. The summed E-state index contributed by atoms with van der Waals surface area (Å²) < 4.78 is 37.7. The van der Waals surface area contributed by atoms with Crippen LogP contribution in [0, 0.1) is 6.42 Å². The van der Waals surface area contributed by atoms with Crippen LogP contribution in [0.25, 0.3) is 0 Å². The average Bonchev–Trinajstić information content (AvgIpc) is 2.17. The lowest BCUT2D eigenvalue weighted by Crippen LogP contribution is -2.17. The summed E-state index contributed by atoms with van der Waals surface area (Å²) in [5.41, 5.74) is 5.19. The van der Waals surface area contributed by atoms with E-state index in [-0.39, 0.29) is 5.56 Å². The van der Waals surface area contributed by atoms with E-state index in [0.717, 1.165) is 6.07 Å². The Morgan fingerprint density at radius 1 is 1.33 bits per heavy atom. The minimum absolute atomic E-state index is 0.156. The molecule has 0 bridgehead atoms. The molecule has 1 rings (SSSR count). The number of hydrogen-bond donors (Lipinski definition) is 1. The molecule has 1 nitrogen and oxygen atoms in total. The van der Waals surface area contributed by atoms with Gasteiger partial charge in [-0.2, -0.15) is 13.2 Å². The number of rotatable bonds is 3. The maximum atomic E-state index is 12.6. The fourth-order valence-corrected chi connectivity index (χ4v) is 1.46. The Morgan fingerprint density at radius 3 is 2.47 bits per heavy atom. The molecule has 83 valence electrons. The summed E-state index contributed by atoms with van der Waals surface area (Å²) in [5, 5.41) is 0. The van der Waals surface area contributed by atoms with E-state index in [9.17, 15) is 13.2 Å². The summed E-state index contributed by atoms with van der Waals surface area (Å²) >= 11 is 0. The quantitative estimate of drug-likeness (QED) is 0.824. The van der Waals surface area contributed by atoms with Crippen LogP contribution in [-0.2, 0) is 6.18 Å². The van der Waals surface area contributed by atoms with Crippen molar-refractivity contribution in [1.29, 1.82) is 0 Å². The molecule has 0 fully saturated rings. The lowest BCUT2D eigenvalue weighted by molar-refractivity contribution is -0.138. The Balaban J connectivity index is 3.06. The van der Waals surface area contributed by atoms with Crippen molar-refractivity contribution in [1.82, 2.24) is 0 Å². The Labute approximate surface area is 87.1 Å². The van der Waals surface area contributed by atoms with Gasteiger partial charge in [-0.3, -0.25) is 0 Å². The summed E-state index contributed by atoms with van der Waals surface area (Å²) in [6.45, 7) is 1.77. The molecule has 2 N–H and O–H groups in total. The van der Waals surface area contributed by atoms with Crippen LogP contribution in [0.1, 0.15) is 30.5 Å². The predicted octanol–water partition coefficient (Wildman–Crippen LogP) is 3.32. The first-order chi connectivity index (χ1) is 6.96. The van der Waals surface area contributed by atoms with Gasteiger partial charge in [0.05, 0.1) is 5.56 Å². The summed E-state index contributed by atoms with van der Waals surface area (Å²) in [4.78, 5) is 0. The number of benzene rings is 1. The molecule has 0 amide bonds. The zero-order valence-corrected chi connectivity index (χ0v) is 8.38. The van der Waals surface area contributed by atoms with Crippen LogP contribution in [0.3, 0.4) is 0 Å². The highest BCUT2D eigenvalue weighted by atomic mass is 19.4. The van der Waals surface area contributed by atoms with Crippen molar-refractivity contribution in [3.63, 3.8) is 0 Å². The molecule has 1 aromatic rings. The summed E-state index contributed by atoms with van der Waals surface area (Å²) in [7, 11) is 0. The third-order valence-electron chi connectivity index (χ3n) is 2.16. The van der Waals surface area contributed by atoms with Crippen molar-refractivity contribution in [2.45, 2.75) is 25.6 Å². The Bertz CT molecular complexity index is 320. The van der Waals surface area contributed by atoms with E-state index in [2.05, 4.69) is 0 Å². The van der Waals surface area contributed by atoms with Crippen LogP contribution >= 0.6 is 0 Å². The normalized spacial score (nSPS) is 13.9. The van der Waals surface area contributed by atoms with E-state index < -0.39 is 17.8 Å². The first-order valence-electron chi connectivity index (χ1n) is 4.66. The fraction of sp³-hybridized carbons (Fsp3) is 0.364. The smallest absolute Gasteiger partial charge is 0.324 e. The van der Waals surface area contributed by atoms with Crippen LogP contribution in [0.4, 0.5) is 13.2 Å². The van der Waals surface area contributed by atoms with Gasteiger partial charge in [-0.25, -0.2) is 0 Å². The Hall–Kier alpha value is -1.03. The van der Waals surface area contributed by atoms with Gasteiger partial charge >= 0.3 is 6.18 Å². The highest BCUT2D eigenvalue weighted by Gasteiger charge is 2.33. The lowest BCUT2D eigenvalue weighted by Gasteiger charge is -2.17. The number of hydrogen-bond acceptors (Lipinski definition) is 1. The summed E-state index contributed by atoms with van der Waals surface area (Å²) in [5.74, 6) is 0. The van der Waals surface area contributed by atoms with E-state index in [4.69, 9.17) is 5.73 Å². The molecule has 0 saturated carbocycles. The van der Waals surface area contributed by atoms with E-state index >= 15 is 0 Å². The van der Waals surface area contributed by atoms with E-state index in [1.807, 2.05) is 0 Å². The van der Waals surface area contributed by atoms with Crippen molar-refractivity contribution >= 4 is 0 Å². The fourth-order valence-electron chi connectivity index (χ4n) is 1.46. The molecule has 0 aliphatic heterocycles. The monoisotopic (exact) mass is 216 g/mol. The Kier molecular flexibility index (Phi) is 3.74. The van der Waals surface area contributed by atoms with E-state index in [1.165, 1.54) is 12.1 Å². The molecule has 1 aromatic carbocycles. The number of alkyl halides is 3. The molecule has 0 heterocycles. The van der Waals surface area contributed by atoms with Gasteiger partial charge in [0.25, 0.3) is 0 Å². The highest BCUT2D eigenvalue weighted by molar-refractivity contribution is 5.32. The standard InChI is InChI=1S/C11H13F3N/c1-2-5-10(15)8-6-3-4-7-9(8)11(12,13)14/h2-4,6-7,10H,5,15H2,1H3. The van der Waals surface area contributed by atoms with Crippen LogP contribution in [0.15, 0.2) is 24.3 Å². The first-order valence-corrected chi connectivity index (χ1v) is 4.66. The van der Waals surface area contributed by atoms with Crippen LogP contribution < -0.4 is 5.73 Å². The van der Waals surface area contributed by atoms with Gasteiger partial charge < -0.3 is 5.73 Å². The molecule has 0 saturated heterocycles. The van der Waals surface area contributed by atoms with Crippen LogP contribution in [-0.4, -0.2) is 0 Å². The maximum absolute atomic E-state index is 12.6. The zero-order chi connectivity index (χ0) is 11.5. The van der Waals surface area contributed by atoms with Crippen molar-refractivity contribution in [3.8, 4) is 0 Å². The topological polar surface area (TPSA) is 26.0 Å². The van der Waals surface area contributed by atoms with Crippen LogP contribution in [0.2, 0.25) is 0 Å². The van der Waals surface area contributed by atoms with Gasteiger partial charge in [-0.05, 0) is 24.5 Å². The molecule has 1 radical (unpaired) electrons. The van der Waals surface area contributed by atoms with E-state index in [1.54, 1.807) is 19.4 Å². The summed E-state index contributed by atoms with van der Waals surface area (Å²) in [6.07, 6.45) is -2.13. The SMILES string of the molecule is C[CH]CC(N)c1ccccc1C(F)(F)F. The van der Waals surface area contributed by atoms with Crippen molar-refractivity contribution in [3.05, 3.63) is 41.8 Å². The maximum Gasteiger partial charge on any atom is 0.416 e. The third-order valence-corrected chi connectivity index (χ3v) is 2.16. The largest absolute Gasteiger partial charge is 0.416 e. The van der Waals surface area contributed by atoms with Gasteiger partial charge in [-0.1, -0.05) is 25.1 Å². The lowest BCUT2D eigenvalue weighted by atomic mass is 9.97. The van der Waals surface area contributed by atoms with Gasteiger partial charge in [0, 0.05) is 6.04 Å². The molecular weight excluding hydrogens is 203 g/mol. The zero-order valence-electron chi connectivity index (χ0n) is 8.38. The van der Waals surface area contributed by atoms with Crippen molar-refractivity contribution in [2.75, 3.05) is 0 Å². The molecule has 0 aromatic heterocycles. The van der Waals surface area contributed by atoms with E-state index in [0.29, 0.717) is 6.42 Å². The molecule has 0 spiro atoms. The molecule has 1 atom stereocenters.